The quantitative estimate of drug-likeness (QED) is 0.863. The molecule has 0 saturated heterocycles. The molecule has 6 heteroatoms. The number of anilines is 1. The van der Waals surface area contributed by atoms with Gasteiger partial charge in [-0.05, 0) is 19.1 Å². The zero-order valence-corrected chi connectivity index (χ0v) is 12.1. The molecule has 1 unspecified atom stereocenters. The molecule has 1 atom stereocenters. The third-order valence-corrected chi connectivity index (χ3v) is 3.34. The Labute approximate surface area is 125 Å². The molecule has 0 amide bonds. The van der Waals surface area contributed by atoms with E-state index in [1.165, 1.54) is 19.2 Å². The Hall–Kier alpha value is -1.88. The monoisotopic (exact) mass is 315 g/mol. The van der Waals surface area contributed by atoms with Crippen molar-refractivity contribution in [2.24, 2.45) is 0 Å². The second-order valence-electron chi connectivity index (χ2n) is 4.50. The molecule has 1 N–H and O–H groups in total. The number of halogens is 4. The Morgan fingerprint density at radius 3 is 2.38 bits per heavy atom. The summed E-state index contributed by atoms with van der Waals surface area (Å²) in [7, 11) is 1.43. The maximum absolute atomic E-state index is 13.9. The van der Waals surface area contributed by atoms with Gasteiger partial charge in [-0.3, -0.25) is 0 Å². The smallest absolute Gasteiger partial charge is 0.150 e. The zero-order chi connectivity index (χ0) is 15.6. The minimum atomic E-state index is -0.833. The molecule has 21 heavy (non-hydrogen) atoms. The van der Waals surface area contributed by atoms with Crippen LogP contribution in [0.4, 0.5) is 18.9 Å². The van der Waals surface area contributed by atoms with Crippen molar-refractivity contribution >= 4 is 17.3 Å². The first kappa shape index (κ1) is 15.5. The van der Waals surface area contributed by atoms with E-state index >= 15 is 0 Å². The number of hydrogen-bond donors (Lipinski definition) is 1. The van der Waals surface area contributed by atoms with Gasteiger partial charge in [0.05, 0.1) is 23.9 Å². The van der Waals surface area contributed by atoms with Crippen LogP contribution in [-0.4, -0.2) is 7.11 Å². The van der Waals surface area contributed by atoms with Crippen molar-refractivity contribution in [2.45, 2.75) is 13.0 Å². The fourth-order valence-electron chi connectivity index (χ4n) is 1.96. The maximum Gasteiger partial charge on any atom is 0.150 e. The van der Waals surface area contributed by atoms with Crippen molar-refractivity contribution in [3.63, 3.8) is 0 Å². The lowest BCUT2D eigenvalue weighted by molar-refractivity contribution is 0.410. The van der Waals surface area contributed by atoms with Gasteiger partial charge in [-0.1, -0.05) is 17.7 Å². The molecule has 0 radical (unpaired) electrons. The third kappa shape index (κ3) is 3.42. The third-order valence-electron chi connectivity index (χ3n) is 3.04. The average Bonchev–Trinajstić information content (AvgIpc) is 2.42. The normalized spacial score (nSPS) is 12.1. The van der Waals surface area contributed by atoms with Crippen molar-refractivity contribution in [3.05, 3.63) is 58.4 Å². The molecule has 0 aliphatic rings. The molecule has 0 aliphatic carbocycles. The number of benzene rings is 2. The first-order valence-corrected chi connectivity index (χ1v) is 6.54. The minimum Gasteiger partial charge on any atom is -0.497 e. The molecule has 0 heterocycles. The van der Waals surface area contributed by atoms with Crippen LogP contribution in [0, 0.1) is 17.5 Å². The molecule has 0 fully saturated rings. The van der Waals surface area contributed by atoms with E-state index in [1.54, 1.807) is 13.0 Å². The van der Waals surface area contributed by atoms with E-state index in [2.05, 4.69) is 5.32 Å². The molecule has 2 nitrogen and oxygen atoms in total. The Morgan fingerprint density at radius 2 is 1.81 bits per heavy atom. The lowest BCUT2D eigenvalue weighted by Crippen LogP contribution is -2.10. The van der Waals surface area contributed by atoms with E-state index < -0.39 is 23.5 Å². The van der Waals surface area contributed by atoms with E-state index in [1.807, 2.05) is 0 Å². The lowest BCUT2D eigenvalue weighted by Gasteiger charge is -2.18. The molecule has 2 rings (SSSR count). The second kappa shape index (κ2) is 6.26. The second-order valence-corrected chi connectivity index (χ2v) is 4.91. The first-order chi connectivity index (χ1) is 9.92. The van der Waals surface area contributed by atoms with Crippen LogP contribution in [-0.2, 0) is 0 Å². The fourth-order valence-corrected chi connectivity index (χ4v) is 2.21. The van der Waals surface area contributed by atoms with Crippen molar-refractivity contribution in [1.29, 1.82) is 0 Å². The van der Waals surface area contributed by atoms with Crippen LogP contribution < -0.4 is 10.1 Å². The summed E-state index contributed by atoms with van der Waals surface area (Å²) >= 11 is 5.80. The highest BCUT2D eigenvalue weighted by atomic mass is 35.5. The standard InChI is InChI=1S/C15H13ClF3NO/c1-8(11-4-3-10(21-2)7-13(11)18)20-15-12(16)5-9(17)6-14(15)19/h3-8,20H,1-2H3. The topological polar surface area (TPSA) is 21.3 Å². The van der Waals surface area contributed by atoms with Crippen LogP contribution in [0.3, 0.4) is 0 Å². The summed E-state index contributed by atoms with van der Waals surface area (Å²) in [6.07, 6.45) is 0. The summed E-state index contributed by atoms with van der Waals surface area (Å²) in [4.78, 5) is 0. The Morgan fingerprint density at radius 1 is 1.10 bits per heavy atom. The number of rotatable bonds is 4. The van der Waals surface area contributed by atoms with Crippen molar-refractivity contribution in [3.8, 4) is 5.75 Å². The average molecular weight is 316 g/mol. The van der Waals surface area contributed by atoms with Crippen LogP contribution in [0.15, 0.2) is 30.3 Å². The number of nitrogens with one attached hydrogen (secondary N) is 1. The Bertz CT molecular complexity index is 640. The molecule has 0 spiro atoms. The summed E-state index contributed by atoms with van der Waals surface area (Å²) < 4.78 is 45.6. The lowest BCUT2D eigenvalue weighted by atomic mass is 10.1. The maximum atomic E-state index is 13.9. The van der Waals surface area contributed by atoms with E-state index in [-0.39, 0.29) is 10.7 Å². The molecule has 2 aromatic rings. The van der Waals surface area contributed by atoms with Gasteiger partial charge >= 0.3 is 0 Å². The molecular weight excluding hydrogens is 303 g/mol. The summed E-state index contributed by atoms with van der Waals surface area (Å²) in [6.45, 7) is 1.64. The van der Waals surface area contributed by atoms with Crippen LogP contribution >= 0.6 is 11.6 Å². The molecule has 0 saturated carbocycles. The largest absolute Gasteiger partial charge is 0.497 e. The molecule has 112 valence electrons. The molecule has 0 aliphatic heterocycles. The van der Waals surface area contributed by atoms with Gasteiger partial charge in [-0.15, -0.1) is 0 Å². The van der Waals surface area contributed by atoms with Gasteiger partial charge in [-0.25, -0.2) is 13.2 Å². The van der Waals surface area contributed by atoms with Crippen LogP contribution in [0.25, 0.3) is 0 Å². The SMILES string of the molecule is COc1ccc(C(C)Nc2c(F)cc(F)cc2Cl)c(F)c1. The number of ether oxygens (including phenoxy) is 1. The molecular formula is C15H13ClF3NO. The predicted octanol–water partition coefficient (Wildman–Crippen LogP) is 4.94. The molecule has 2 aromatic carbocycles. The van der Waals surface area contributed by atoms with Crippen LogP contribution in [0.2, 0.25) is 5.02 Å². The predicted molar refractivity (Wildman–Crippen MR) is 76.4 cm³/mol. The summed E-state index contributed by atoms with van der Waals surface area (Å²) in [5.41, 5.74) is 0.247. The highest BCUT2D eigenvalue weighted by molar-refractivity contribution is 6.33. The summed E-state index contributed by atoms with van der Waals surface area (Å²) in [6, 6.07) is 5.50. The van der Waals surface area contributed by atoms with E-state index in [0.717, 1.165) is 6.07 Å². The summed E-state index contributed by atoms with van der Waals surface area (Å²) in [5.74, 6) is -1.71. The van der Waals surface area contributed by atoms with E-state index in [9.17, 15) is 13.2 Å². The number of hydrogen-bond acceptors (Lipinski definition) is 2. The van der Waals surface area contributed by atoms with Gasteiger partial charge in [0.15, 0.2) is 5.82 Å². The van der Waals surface area contributed by atoms with Crippen LogP contribution in [0.1, 0.15) is 18.5 Å². The van der Waals surface area contributed by atoms with E-state index in [0.29, 0.717) is 17.4 Å². The van der Waals surface area contributed by atoms with Gasteiger partial charge in [0.2, 0.25) is 0 Å². The summed E-state index contributed by atoms with van der Waals surface area (Å²) in [5, 5.41) is 2.64. The van der Waals surface area contributed by atoms with Gasteiger partial charge in [0.1, 0.15) is 17.4 Å². The zero-order valence-electron chi connectivity index (χ0n) is 11.4. The Balaban J connectivity index is 2.28. The van der Waals surface area contributed by atoms with E-state index in [4.69, 9.17) is 16.3 Å². The fraction of sp³-hybridized carbons (Fsp3) is 0.200. The minimum absolute atomic E-state index is 0.0687. The van der Waals surface area contributed by atoms with Crippen molar-refractivity contribution < 1.29 is 17.9 Å². The van der Waals surface area contributed by atoms with Crippen molar-refractivity contribution in [1.82, 2.24) is 0 Å². The molecule has 0 aromatic heterocycles. The van der Waals surface area contributed by atoms with Gasteiger partial charge in [0, 0.05) is 17.7 Å². The molecule has 0 bridgehead atoms. The highest BCUT2D eigenvalue weighted by Gasteiger charge is 2.16. The van der Waals surface area contributed by atoms with Gasteiger partial charge < -0.3 is 10.1 Å². The van der Waals surface area contributed by atoms with Crippen molar-refractivity contribution in [2.75, 3.05) is 12.4 Å². The Kier molecular flexibility index (Phi) is 4.63. The first-order valence-electron chi connectivity index (χ1n) is 6.17. The van der Waals surface area contributed by atoms with Crippen LogP contribution in [0.5, 0.6) is 5.75 Å². The van der Waals surface area contributed by atoms with Gasteiger partial charge in [0.25, 0.3) is 0 Å². The van der Waals surface area contributed by atoms with Gasteiger partial charge in [-0.2, -0.15) is 0 Å². The highest BCUT2D eigenvalue weighted by Crippen LogP contribution is 2.31. The number of methoxy groups -OCH3 is 1.